The van der Waals surface area contributed by atoms with Crippen molar-refractivity contribution in [3.63, 3.8) is 0 Å². The number of hydrogen-bond acceptors (Lipinski definition) is 4. The molecule has 1 amide bonds. The molecule has 2 aromatic carbocycles. The van der Waals surface area contributed by atoms with Crippen LogP contribution in [0.2, 0.25) is 36.3 Å². The van der Waals surface area contributed by atoms with Crippen molar-refractivity contribution in [2.24, 2.45) is 0 Å². The molecule has 0 atom stereocenters. The lowest BCUT2D eigenvalue weighted by Gasteiger charge is -2.36. The first kappa shape index (κ1) is 31.1. The van der Waals surface area contributed by atoms with E-state index in [1.54, 1.807) is 0 Å². The molecule has 0 aromatic heterocycles. The topological polar surface area (TPSA) is 73.6 Å². The minimum atomic E-state index is -1.70. The van der Waals surface area contributed by atoms with Gasteiger partial charge in [0.15, 0.2) is 16.6 Å². The Kier molecular flexibility index (Phi) is 11.0. The van der Waals surface area contributed by atoms with E-state index in [1.165, 1.54) is 12.5 Å². The minimum absolute atomic E-state index is 0.0507. The fraction of sp³-hybridized carbons (Fsp3) is 0.536. The van der Waals surface area contributed by atoms with E-state index in [0.29, 0.717) is 13.2 Å². The summed E-state index contributed by atoms with van der Waals surface area (Å²) in [5.74, 6) is -0.0507. The number of amides is 1. The Labute approximate surface area is 216 Å². The second-order valence-electron chi connectivity index (χ2n) is 12.2. The first-order valence-electron chi connectivity index (χ1n) is 12.3. The molecule has 0 aliphatic rings. The van der Waals surface area contributed by atoms with Gasteiger partial charge in [-0.1, -0.05) is 65.8 Å². The van der Waals surface area contributed by atoms with Crippen LogP contribution < -0.4 is 11.1 Å². The Hall–Kier alpha value is -1.94. The molecule has 0 aliphatic heterocycles. The van der Waals surface area contributed by atoms with Crippen LogP contribution in [0, 0.1) is 0 Å². The van der Waals surface area contributed by atoms with Crippen molar-refractivity contribution < 1.29 is 13.6 Å². The summed E-state index contributed by atoms with van der Waals surface area (Å²) in [5, 5.41) is 3.25. The normalized spacial score (nSPS) is 12.5. The number of nitrogens with two attached hydrogens (primary N) is 1. The smallest absolute Gasteiger partial charge is 0.221 e. The minimum Gasteiger partial charge on any atom is -0.413 e. The third kappa shape index (κ3) is 10.7. The lowest BCUT2D eigenvalue weighted by molar-refractivity contribution is -0.114. The van der Waals surface area contributed by atoms with Gasteiger partial charge in [0.1, 0.15) is 0 Å². The van der Waals surface area contributed by atoms with E-state index < -0.39 is 16.6 Å². The third-order valence-electron chi connectivity index (χ3n) is 7.07. The quantitative estimate of drug-likeness (QED) is 0.289. The van der Waals surface area contributed by atoms with E-state index in [4.69, 9.17) is 14.6 Å². The number of anilines is 2. The molecule has 35 heavy (non-hydrogen) atoms. The predicted molar refractivity (Wildman–Crippen MR) is 156 cm³/mol. The largest absolute Gasteiger partial charge is 0.413 e. The second kappa shape index (κ2) is 12.3. The van der Waals surface area contributed by atoms with E-state index in [1.807, 2.05) is 48.5 Å². The number of hydrogen-bond donors (Lipinski definition) is 2. The standard InChI is InChI=1S/C15H25NO2Si.C13H23NOSi/c1-12(17)16-14-9-7-13(8-10-14)11-18-19(5,6)15(2,3)4;1-13(2,3)16(4,5)15-10-11-6-8-12(14)9-7-11/h7-10H,11H2,1-6H3,(H,16,17);6-9H,10,14H2,1-5H3. The Morgan fingerprint density at radius 2 is 1.09 bits per heavy atom. The summed E-state index contributed by atoms with van der Waals surface area (Å²) in [5.41, 5.74) is 9.60. The monoisotopic (exact) mass is 516 g/mol. The predicted octanol–water partition coefficient (Wildman–Crippen LogP) is 7.96. The Morgan fingerprint density at radius 1 is 0.743 bits per heavy atom. The van der Waals surface area contributed by atoms with E-state index in [2.05, 4.69) is 73.0 Å². The summed E-state index contributed by atoms with van der Waals surface area (Å²) in [4.78, 5) is 10.9. The molecular weight excluding hydrogens is 468 g/mol. The van der Waals surface area contributed by atoms with Crippen LogP contribution in [0.4, 0.5) is 11.4 Å². The summed E-state index contributed by atoms with van der Waals surface area (Å²) >= 11 is 0. The fourth-order valence-electron chi connectivity index (χ4n) is 2.46. The van der Waals surface area contributed by atoms with Crippen LogP contribution >= 0.6 is 0 Å². The van der Waals surface area contributed by atoms with E-state index in [0.717, 1.165) is 16.9 Å². The lowest BCUT2D eigenvalue weighted by atomic mass is 10.2. The van der Waals surface area contributed by atoms with Crippen LogP contribution in [-0.2, 0) is 26.9 Å². The molecule has 0 unspecified atom stereocenters. The average molecular weight is 517 g/mol. The van der Waals surface area contributed by atoms with Gasteiger partial charge in [0.05, 0.1) is 13.2 Å². The molecule has 2 rings (SSSR count). The van der Waals surface area contributed by atoms with Crippen molar-refractivity contribution >= 4 is 33.9 Å². The van der Waals surface area contributed by atoms with Gasteiger partial charge in [-0.05, 0) is 71.7 Å². The molecular formula is C28H48N2O3Si2. The van der Waals surface area contributed by atoms with Crippen molar-refractivity contribution in [3.05, 3.63) is 59.7 Å². The summed E-state index contributed by atoms with van der Waals surface area (Å²) in [6.07, 6.45) is 0. The lowest BCUT2D eigenvalue weighted by Crippen LogP contribution is -2.40. The van der Waals surface area contributed by atoms with Crippen LogP contribution in [0.3, 0.4) is 0 Å². The highest BCUT2D eigenvalue weighted by Gasteiger charge is 2.37. The highest BCUT2D eigenvalue weighted by Crippen LogP contribution is 2.38. The molecule has 0 saturated carbocycles. The molecule has 196 valence electrons. The molecule has 0 heterocycles. The number of nitrogens with one attached hydrogen (secondary N) is 1. The van der Waals surface area contributed by atoms with Crippen molar-refractivity contribution in [1.29, 1.82) is 0 Å². The second-order valence-corrected chi connectivity index (χ2v) is 21.8. The maximum Gasteiger partial charge on any atom is 0.221 e. The zero-order chi connectivity index (χ0) is 27.1. The molecule has 7 heteroatoms. The molecule has 0 radical (unpaired) electrons. The first-order chi connectivity index (χ1) is 15.8. The van der Waals surface area contributed by atoms with Crippen molar-refractivity contribution in [2.75, 3.05) is 11.1 Å². The van der Waals surface area contributed by atoms with Crippen LogP contribution in [0.15, 0.2) is 48.5 Å². The molecule has 5 nitrogen and oxygen atoms in total. The van der Waals surface area contributed by atoms with Crippen molar-refractivity contribution in [2.45, 2.75) is 97.9 Å². The van der Waals surface area contributed by atoms with Crippen LogP contribution in [0.25, 0.3) is 0 Å². The van der Waals surface area contributed by atoms with E-state index in [9.17, 15) is 4.79 Å². The number of rotatable bonds is 7. The fourth-order valence-corrected chi connectivity index (χ4v) is 4.38. The van der Waals surface area contributed by atoms with Gasteiger partial charge in [-0.25, -0.2) is 0 Å². The highest BCUT2D eigenvalue weighted by molar-refractivity contribution is 6.74. The van der Waals surface area contributed by atoms with Crippen LogP contribution in [0.5, 0.6) is 0 Å². The van der Waals surface area contributed by atoms with Gasteiger partial charge >= 0.3 is 0 Å². The van der Waals surface area contributed by atoms with Gasteiger partial charge in [0.2, 0.25) is 5.91 Å². The number of carbonyl (C=O) groups excluding carboxylic acids is 1. The number of benzene rings is 2. The van der Waals surface area contributed by atoms with E-state index >= 15 is 0 Å². The maximum absolute atomic E-state index is 10.9. The third-order valence-corrected chi connectivity index (χ3v) is 16.0. The Morgan fingerprint density at radius 3 is 1.40 bits per heavy atom. The first-order valence-corrected chi connectivity index (χ1v) is 18.1. The Bertz CT molecular complexity index is 927. The van der Waals surface area contributed by atoms with Gasteiger partial charge in [-0.3, -0.25) is 4.79 Å². The van der Waals surface area contributed by atoms with Gasteiger partial charge in [0, 0.05) is 18.3 Å². The molecule has 0 saturated heterocycles. The Balaban J connectivity index is 0.000000355. The van der Waals surface area contributed by atoms with Crippen molar-refractivity contribution in [1.82, 2.24) is 0 Å². The van der Waals surface area contributed by atoms with Gasteiger partial charge < -0.3 is 19.9 Å². The highest BCUT2D eigenvalue weighted by atomic mass is 28.4. The summed E-state index contributed by atoms with van der Waals surface area (Å²) in [7, 11) is -3.33. The molecule has 0 fully saturated rings. The van der Waals surface area contributed by atoms with Gasteiger partial charge in [0.25, 0.3) is 0 Å². The maximum atomic E-state index is 10.9. The molecule has 2 aromatic rings. The van der Waals surface area contributed by atoms with Crippen LogP contribution in [0.1, 0.15) is 59.6 Å². The summed E-state index contributed by atoms with van der Waals surface area (Å²) in [6.45, 7) is 25.3. The number of nitrogen functional groups attached to an aromatic ring is 1. The zero-order valence-electron chi connectivity index (χ0n) is 23.8. The molecule has 0 spiro atoms. The van der Waals surface area contributed by atoms with Crippen LogP contribution in [-0.4, -0.2) is 22.5 Å². The molecule has 3 N–H and O–H groups in total. The summed E-state index contributed by atoms with van der Waals surface area (Å²) < 4.78 is 12.3. The zero-order valence-corrected chi connectivity index (χ0v) is 25.8. The molecule has 0 aliphatic carbocycles. The van der Waals surface area contributed by atoms with Crippen molar-refractivity contribution in [3.8, 4) is 0 Å². The van der Waals surface area contributed by atoms with Gasteiger partial charge in [-0.15, -0.1) is 0 Å². The SMILES string of the molecule is CC(=O)Nc1ccc(CO[Si](C)(C)C(C)(C)C)cc1.CC(C)(C)[Si](C)(C)OCc1ccc(N)cc1. The van der Waals surface area contributed by atoms with Gasteiger partial charge in [-0.2, -0.15) is 0 Å². The van der Waals surface area contributed by atoms with E-state index in [-0.39, 0.29) is 16.0 Å². The molecule has 0 bridgehead atoms. The number of carbonyl (C=O) groups is 1. The average Bonchev–Trinajstić information content (AvgIpc) is 2.71. The summed E-state index contributed by atoms with van der Waals surface area (Å²) in [6, 6.07) is 15.7.